The molecule has 1 atom stereocenters. The summed E-state index contributed by atoms with van der Waals surface area (Å²) in [5.41, 5.74) is 2.48. The zero-order valence-corrected chi connectivity index (χ0v) is 13.9. The maximum absolute atomic E-state index is 12.2. The molecule has 6 nitrogen and oxygen atoms in total. The summed E-state index contributed by atoms with van der Waals surface area (Å²) >= 11 is 0. The fourth-order valence-corrected chi connectivity index (χ4v) is 2.69. The molecule has 1 heterocycles. The summed E-state index contributed by atoms with van der Waals surface area (Å²) in [5, 5.41) is 8.72. The molecular weight excluding hydrogens is 292 g/mol. The Morgan fingerprint density at radius 1 is 1.22 bits per heavy atom. The van der Waals surface area contributed by atoms with Crippen LogP contribution in [0.15, 0.2) is 24.3 Å². The average Bonchev–Trinajstić information content (AvgIpc) is 2.57. The summed E-state index contributed by atoms with van der Waals surface area (Å²) in [5.74, 6) is -0.166. The molecule has 0 aromatic heterocycles. The molecule has 0 spiro atoms. The number of nitrogens with zero attached hydrogens (tertiary/aromatic N) is 1. The summed E-state index contributed by atoms with van der Waals surface area (Å²) < 4.78 is 0. The Labute approximate surface area is 137 Å². The highest BCUT2D eigenvalue weighted by atomic mass is 16.2. The van der Waals surface area contributed by atoms with Gasteiger partial charge in [-0.2, -0.15) is 0 Å². The largest absolute Gasteiger partial charge is 0.353 e. The number of carbonyl (C=O) groups excluding carboxylic acids is 2. The Morgan fingerprint density at radius 3 is 2.70 bits per heavy atom. The Kier molecular flexibility index (Phi) is 6.40. The van der Waals surface area contributed by atoms with E-state index in [4.69, 9.17) is 0 Å². The molecule has 126 valence electrons. The molecule has 0 radical (unpaired) electrons. The normalized spacial score (nSPS) is 14.8. The van der Waals surface area contributed by atoms with Gasteiger partial charge in [-0.05, 0) is 31.0 Å². The maximum atomic E-state index is 12.2. The molecule has 1 aromatic carbocycles. The Bertz CT molecular complexity index is 547. The second-order valence-corrected chi connectivity index (χ2v) is 5.86. The number of fused-ring (bicyclic) bond motifs is 1. The molecule has 0 aliphatic carbocycles. The fourth-order valence-electron chi connectivity index (χ4n) is 2.69. The van der Waals surface area contributed by atoms with E-state index in [0.717, 1.165) is 13.0 Å². The van der Waals surface area contributed by atoms with Gasteiger partial charge in [-0.25, -0.2) is 4.79 Å². The van der Waals surface area contributed by atoms with E-state index in [0.29, 0.717) is 19.6 Å². The summed E-state index contributed by atoms with van der Waals surface area (Å²) in [7, 11) is 0. The molecule has 3 N–H and O–H groups in total. The second kappa shape index (κ2) is 8.53. The third-order valence-electron chi connectivity index (χ3n) is 3.98. The van der Waals surface area contributed by atoms with Crippen molar-refractivity contribution in [3.05, 3.63) is 35.4 Å². The highest BCUT2D eigenvalue weighted by Crippen LogP contribution is 2.18. The van der Waals surface area contributed by atoms with Gasteiger partial charge in [0.15, 0.2) is 0 Å². The van der Waals surface area contributed by atoms with Crippen molar-refractivity contribution in [3.63, 3.8) is 0 Å². The van der Waals surface area contributed by atoms with Gasteiger partial charge >= 0.3 is 6.03 Å². The molecule has 23 heavy (non-hydrogen) atoms. The summed E-state index contributed by atoms with van der Waals surface area (Å²) in [6, 6.07) is 8.19. The first kappa shape index (κ1) is 17.3. The molecule has 0 fully saturated rings. The van der Waals surface area contributed by atoms with Gasteiger partial charge in [0.25, 0.3) is 0 Å². The number of hydrogen-bond donors (Lipinski definition) is 3. The first-order valence-corrected chi connectivity index (χ1v) is 8.19. The van der Waals surface area contributed by atoms with Crippen LogP contribution in [0, 0.1) is 0 Å². The van der Waals surface area contributed by atoms with Crippen LogP contribution in [0.1, 0.15) is 25.0 Å². The maximum Gasteiger partial charge on any atom is 0.318 e. The van der Waals surface area contributed by atoms with Gasteiger partial charge in [-0.1, -0.05) is 31.2 Å². The molecule has 1 aliphatic heterocycles. The number of likely N-dealkylation sites (N-methyl/N-ethyl adjacent to an activating group) is 1. The number of rotatable bonds is 6. The molecule has 1 aliphatic rings. The van der Waals surface area contributed by atoms with Crippen LogP contribution < -0.4 is 16.0 Å². The van der Waals surface area contributed by atoms with Gasteiger partial charge in [-0.3, -0.25) is 4.79 Å². The van der Waals surface area contributed by atoms with E-state index in [1.54, 1.807) is 4.90 Å². The number of hydrogen-bond acceptors (Lipinski definition) is 3. The lowest BCUT2D eigenvalue weighted by atomic mass is 10.0. The molecule has 6 heteroatoms. The first-order chi connectivity index (χ1) is 11.1. The van der Waals surface area contributed by atoms with Crippen LogP contribution in [0.25, 0.3) is 0 Å². The minimum Gasteiger partial charge on any atom is -0.353 e. The smallest absolute Gasteiger partial charge is 0.318 e. The lowest BCUT2D eigenvalue weighted by molar-refractivity contribution is -0.120. The van der Waals surface area contributed by atoms with Crippen LogP contribution >= 0.6 is 0 Å². The van der Waals surface area contributed by atoms with Crippen molar-refractivity contribution < 1.29 is 9.59 Å². The van der Waals surface area contributed by atoms with E-state index in [1.165, 1.54) is 11.1 Å². The van der Waals surface area contributed by atoms with Crippen LogP contribution in [0.2, 0.25) is 0 Å². The monoisotopic (exact) mass is 318 g/mol. The SMILES string of the molecule is CCN[C@H](C)CNC(=O)CNC(=O)N1CCc2ccccc2C1. The summed E-state index contributed by atoms with van der Waals surface area (Å²) in [6.07, 6.45) is 0.857. The van der Waals surface area contributed by atoms with Crippen LogP contribution in [0.3, 0.4) is 0 Å². The van der Waals surface area contributed by atoms with Crippen molar-refractivity contribution in [1.29, 1.82) is 0 Å². The molecule has 0 unspecified atom stereocenters. The lowest BCUT2D eigenvalue weighted by Gasteiger charge is -2.28. The number of carbonyl (C=O) groups is 2. The van der Waals surface area contributed by atoms with Crippen LogP contribution in [-0.2, 0) is 17.8 Å². The zero-order chi connectivity index (χ0) is 16.7. The van der Waals surface area contributed by atoms with Crippen molar-refractivity contribution >= 4 is 11.9 Å². The Morgan fingerprint density at radius 2 is 1.96 bits per heavy atom. The Hall–Kier alpha value is -2.08. The van der Waals surface area contributed by atoms with Crippen molar-refractivity contribution in [2.75, 3.05) is 26.2 Å². The van der Waals surface area contributed by atoms with Gasteiger partial charge in [0.05, 0.1) is 6.54 Å². The molecule has 0 saturated carbocycles. The first-order valence-electron chi connectivity index (χ1n) is 8.19. The van der Waals surface area contributed by atoms with E-state index < -0.39 is 0 Å². The van der Waals surface area contributed by atoms with Crippen molar-refractivity contribution in [3.8, 4) is 0 Å². The second-order valence-electron chi connectivity index (χ2n) is 5.86. The minimum absolute atomic E-state index is 0.00975. The lowest BCUT2D eigenvalue weighted by Crippen LogP contribution is -2.47. The van der Waals surface area contributed by atoms with Crippen molar-refractivity contribution in [2.24, 2.45) is 0 Å². The molecule has 2 rings (SSSR count). The molecular formula is C17H26N4O2. The molecule has 0 bridgehead atoms. The molecule has 1 aromatic rings. The third-order valence-corrected chi connectivity index (χ3v) is 3.98. The van der Waals surface area contributed by atoms with Gasteiger partial charge in [0, 0.05) is 25.7 Å². The zero-order valence-electron chi connectivity index (χ0n) is 13.9. The van der Waals surface area contributed by atoms with Crippen molar-refractivity contribution in [2.45, 2.75) is 32.9 Å². The van der Waals surface area contributed by atoms with E-state index in [1.807, 2.05) is 32.0 Å². The number of urea groups is 1. The highest BCUT2D eigenvalue weighted by Gasteiger charge is 2.20. The van der Waals surface area contributed by atoms with Crippen molar-refractivity contribution in [1.82, 2.24) is 20.9 Å². The Balaban J connectivity index is 1.72. The van der Waals surface area contributed by atoms with E-state index in [9.17, 15) is 9.59 Å². The average molecular weight is 318 g/mol. The van der Waals surface area contributed by atoms with Crippen LogP contribution in [0.4, 0.5) is 4.79 Å². The van der Waals surface area contributed by atoms with Crippen LogP contribution in [0.5, 0.6) is 0 Å². The van der Waals surface area contributed by atoms with E-state index in [2.05, 4.69) is 22.0 Å². The van der Waals surface area contributed by atoms with E-state index in [-0.39, 0.29) is 24.5 Å². The number of benzene rings is 1. The van der Waals surface area contributed by atoms with Gasteiger partial charge < -0.3 is 20.9 Å². The third kappa shape index (κ3) is 5.25. The molecule has 0 saturated heterocycles. The number of amides is 3. The van der Waals surface area contributed by atoms with Crippen LogP contribution in [-0.4, -0.2) is 49.1 Å². The predicted molar refractivity (Wildman–Crippen MR) is 90.1 cm³/mol. The fraction of sp³-hybridized carbons (Fsp3) is 0.529. The van der Waals surface area contributed by atoms with Gasteiger partial charge in [0.2, 0.25) is 5.91 Å². The number of nitrogens with one attached hydrogen (secondary N) is 3. The predicted octanol–water partition coefficient (Wildman–Crippen LogP) is 0.869. The van der Waals surface area contributed by atoms with Gasteiger partial charge in [0.1, 0.15) is 0 Å². The topological polar surface area (TPSA) is 73.5 Å². The summed E-state index contributed by atoms with van der Waals surface area (Å²) in [6.45, 7) is 6.74. The quantitative estimate of drug-likeness (QED) is 0.729. The highest BCUT2D eigenvalue weighted by molar-refractivity contribution is 5.84. The van der Waals surface area contributed by atoms with Gasteiger partial charge in [-0.15, -0.1) is 0 Å². The standard InChI is InChI=1S/C17H26N4O2/c1-3-18-13(2)10-19-16(22)11-20-17(23)21-9-8-14-6-4-5-7-15(14)12-21/h4-7,13,18H,3,8-12H2,1-2H3,(H,19,22)(H,20,23)/t13-/m1/s1. The van der Waals surface area contributed by atoms with E-state index >= 15 is 0 Å². The summed E-state index contributed by atoms with van der Waals surface area (Å²) in [4.78, 5) is 25.7. The minimum atomic E-state index is -0.186. The molecule has 3 amide bonds.